The number of nitrogens with one attached hydrogen (secondary N) is 1. The van der Waals surface area contributed by atoms with Gasteiger partial charge in [0.25, 0.3) is 0 Å². The number of nitrogens with zero attached hydrogens (tertiary/aromatic N) is 1. The molecule has 1 aliphatic rings. The highest BCUT2D eigenvalue weighted by molar-refractivity contribution is 4.84. The first-order valence-corrected chi connectivity index (χ1v) is 6.17. The second-order valence-corrected chi connectivity index (χ2v) is 4.72. The molecule has 0 bridgehead atoms. The fourth-order valence-corrected chi connectivity index (χ4v) is 2.10. The average Bonchev–Trinajstić information content (AvgIpc) is 2.98. The summed E-state index contributed by atoms with van der Waals surface area (Å²) >= 11 is 0. The lowest BCUT2D eigenvalue weighted by Crippen LogP contribution is -2.48. The Bertz CT molecular complexity index is 169. The summed E-state index contributed by atoms with van der Waals surface area (Å²) in [6.45, 7) is 9.71. The first kappa shape index (κ1) is 12.9. The summed E-state index contributed by atoms with van der Waals surface area (Å²) in [6.07, 6.45) is 2.71. The van der Waals surface area contributed by atoms with Crippen LogP contribution in [0.15, 0.2) is 0 Å². The Labute approximate surface area is 94.2 Å². The largest absolute Gasteiger partial charge is 0.383 e. The Morgan fingerprint density at radius 1 is 1.40 bits per heavy atom. The van der Waals surface area contributed by atoms with Gasteiger partial charge in [-0.05, 0) is 33.2 Å². The molecule has 15 heavy (non-hydrogen) atoms. The normalized spacial score (nSPS) is 18.8. The number of rotatable bonds is 8. The van der Waals surface area contributed by atoms with E-state index in [0.29, 0.717) is 12.1 Å². The maximum absolute atomic E-state index is 5.31. The van der Waals surface area contributed by atoms with Crippen molar-refractivity contribution in [1.29, 1.82) is 0 Å². The van der Waals surface area contributed by atoms with Gasteiger partial charge in [-0.15, -0.1) is 0 Å². The molecule has 0 saturated heterocycles. The second kappa shape index (κ2) is 6.46. The number of methoxy groups -OCH3 is 1. The van der Waals surface area contributed by atoms with E-state index in [2.05, 4.69) is 31.0 Å². The van der Waals surface area contributed by atoms with E-state index >= 15 is 0 Å². The van der Waals surface area contributed by atoms with Crippen LogP contribution >= 0.6 is 0 Å². The third kappa shape index (κ3) is 4.49. The topological polar surface area (TPSA) is 24.5 Å². The molecule has 3 heteroatoms. The summed E-state index contributed by atoms with van der Waals surface area (Å²) in [5.74, 6) is 0. The van der Waals surface area contributed by atoms with Crippen molar-refractivity contribution in [3.05, 3.63) is 0 Å². The Morgan fingerprint density at radius 3 is 2.47 bits per heavy atom. The van der Waals surface area contributed by atoms with Crippen molar-refractivity contribution in [2.45, 2.75) is 51.7 Å². The van der Waals surface area contributed by atoms with Crippen LogP contribution in [0, 0.1) is 0 Å². The molecule has 1 rings (SSSR count). The van der Waals surface area contributed by atoms with E-state index in [1.165, 1.54) is 12.8 Å². The number of hydrogen-bond acceptors (Lipinski definition) is 3. The van der Waals surface area contributed by atoms with Crippen molar-refractivity contribution in [2.24, 2.45) is 0 Å². The Hall–Kier alpha value is -0.120. The minimum Gasteiger partial charge on any atom is -0.383 e. The van der Waals surface area contributed by atoms with Crippen LogP contribution in [0.4, 0.5) is 0 Å². The Kier molecular flexibility index (Phi) is 5.58. The lowest BCUT2D eigenvalue weighted by Gasteiger charge is -2.33. The van der Waals surface area contributed by atoms with Gasteiger partial charge >= 0.3 is 0 Å². The molecular weight excluding hydrogens is 188 g/mol. The molecule has 1 N–H and O–H groups in total. The van der Waals surface area contributed by atoms with Crippen LogP contribution in [0.5, 0.6) is 0 Å². The van der Waals surface area contributed by atoms with E-state index in [9.17, 15) is 0 Å². The van der Waals surface area contributed by atoms with Crippen LogP contribution in [0.1, 0.15) is 33.6 Å². The molecule has 90 valence electrons. The van der Waals surface area contributed by atoms with Gasteiger partial charge in [-0.1, -0.05) is 6.92 Å². The van der Waals surface area contributed by atoms with Crippen LogP contribution in [-0.2, 0) is 4.74 Å². The molecule has 1 saturated carbocycles. The smallest absolute Gasteiger partial charge is 0.0630 e. The van der Waals surface area contributed by atoms with Crippen LogP contribution < -0.4 is 5.32 Å². The Morgan fingerprint density at radius 2 is 2.07 bits per heavy atom. The molecule has 0 aliphatic heterocycles. The highest BCUT2D eigenvalue weighted by Crippen LogP contribution is 2.19. The lowest BCUT2D eigenvalue weighted by molar-refractivity contribution is 0.0732. The molecule has 0 aromatic rings. The zero-order valence-corrected chi connectivity index (χ0v) is 10.6. The van der Waals surface area contributed by atoms with Gasteiger partial charge in [-0.2, -0.15) is 0 Å². The Balaban J connectivity index is 2.37. The first-order chi connectivity index (χ1) is 7.19. The summed E-state index contributed by atoms with van der Waals surface area (Å²) in [6, 6.07) is 1.90. The van der Waals surface area contributed by atoms with Crippen molar-refractivity contribution in [3.8, 4) is 0 Å². The van der Waals surface area contributed by atoms with Crippen LogP contribution in [-0.4, -0.2) is 49.8 Å². The number of ether oxygens (including phenoxy) is 1. The third-order valence-electron chi connectivity index (χ3n) is 3.08. The molecular formula is C12H26N2O. The third-order valence-corrected chi connectivity index (χ3v) is 3.08. The van der Waals surface area contributed by atoms with E-state index in [1.54, 1.807) is 7.11 Å². The first-order valence-electron chi connectivity index (χ1n) is 6.17. The zero-order chi connectivity index (χ0) is 11.3. The predicted octanol–water partition coefficient (Wildman–Crippen LogP) is 1.48. The zero-order valence-electron chi connectivity index (χ0n) is 10.6. The van der Waals surface area contributed by atoms with E-state index in [-0.39, 0.29) is 0 Å². The van der Waals surface area contributed by atoms with Crippen molar-refractivity contribution >= 4 is 0 Å². The molecule has 1 aliphatic carbocycles. The van der Waals surface area contributed by atoms with Gasteiger partial charge in [0, 0.05) is 31.8 Å². The quantitative estimate of drug-likeness (QED) is 0.662. The van der Waals surface area contributed by atoms with Gasteiger partial charge in [-0.25, -0.2) is 0 Å². The van der Waals surface area contributed by atoms with E-state index in [4.69, 9.17) is 4.74 Å². The maximum atomic E-state index is 5.31. The maximum Gasteiger partial charge on any atom is 0.0630 e. The minimum atomic E-state index is 0.514. The molecule has 0 radical (unpaired) electrons. The molecule has 0 aromatic carbocycles. The standard InChI is InChI=1S/C12H26N2O/c1-5-14(10(2)3)12(9-15-4)8-13-11-6-7-11/h10-13H,5-9H2,1-4H3. The van der Waals surface area contributed by atoms with Gasteiger partial charge in [-0.3, -0.25) is 4.90 Å². The van der Waals surface area contributed by atoms with Crippen LogP contribution in [0.3, 0.4) is 0 Å². The van der Waals surface area contributed by atoms with Crippen LogP contribution in [0.2, 0.25) is 0 Å². The van der Waals surface area contributed by atoms with Crippen LogP contribution in [0.25, 0.3) is 0 Å². The monoisotopic (exact) mass is 214 g/mol. The molecule has 0 spiro atoms. The van der Waals surface area contributed by atoms with Crippen molar-refractivity contribution in [3.63, 3.8) is 0 Å². The fourth-order valence-electron chi connectivity index (χ4n) is 2.10. The summed E-state index contributed by atoms with van der Waals surface area (Å²) in [7, 11) is 1.79. The van der Waals surface area contributed by atoms with Gasteiger partial charge in [0.1, 0.15) is 0 Å². The van der Waals surface area contributed by atoms with E-state index in [1.807, 2.05) is 0 Å². The fraction of sp³-hybridized carbons (Fsp3) is 1.00. The molecule has 0 aromatic heterocycles. The molecule has 1 unspecified atom stereocenters. The summed E-state index contributed by atoms with van der Waals surface area (Å²) < 4.78 is 5.31. The second-order valence-electron chi connectivity index (χ2n) is 4.72. The summed E-state index contributed by atoms with van der Waals surface area (Å²) in [5, 5.41) is 3.59. The van der Waals surface area contributed by atoms with Crippen molar-refractivity contribution in [2.75, 3.05) is 26.8 Å². The molecule has 0 amide bonds. The molecule has 0 heterocycles. The molecule has 1 atom stereocenters. The van der Waals surface area contributed by atoms with Crippen molar-refractivity contribution in [1.82, 2.24) is 10.2 Å². The summed E-state index contributed by atoms with van der Waals surface area (Å²) in [5.41, 5.74) is 0. The van der Waals surface area contributed by atoms with Gasteiger partial charge in [0.05, 0.1) is 6.61 Å². The SMILES string of the molecule is CCN(C(C)C)C(CNC1CC1)COC. The van der Waals surface area contributed by atoms with Crippen molar-refractivity contribution < 1.29 is 4.74 Å². The highest BCUT2D eigenvalue weighted by atomic mass is 16.5. The number of hydrogen-bond donors (Lipinski definition) is 1. The molecule has 1 fully saturated rings. The van der Waals surface area contributed by atoms with E-state index in [0.717, 1.165) is 25.7 Å². The van der Waals surface area contributed by atoms with Gasteiger partial charge in [0.2, 0.25) is 0 Å². The van der Waals surface area contributed by atoms with E-state index < -0.39 is 0 Å². The molecule has 3 nitrogen and oxygen atoms in total. The lowest BCUT2D eigenvalue weighted by atomic mass is 10.2. The number of likely N-dealkylation sites (N-methyl/N-ethyl adjacent to an activating group) is 1. The highest BCUT2D eigenvalue weighted by Gasteiger charge is 2.24. The van der Waals surface area contributed by atoms with Gasteiger partial charge < -0.3 is 10.1 Å². The predicted molar refractivity (Wildman–Crippen MR) is 64.2 cm³/mol. The summed E-state index contributed by atoms with van der Waals surface area (Å²) in [4.78, 5) is 2.50. The van der Waals surface area contributed by atoms with Gasteiger partial charge in [0.15, 0.2) is 0 Å². The minimum absolute atomic E-state index is 0.514. The average molecular weight is 214 g/mol.